The van der Waals surface area contributed by atoms with E-state index >= 15 is 0 Å². The summed E-state index contributed by atoms with van der Waals surface area (Å²) in [7, 11) is 0. The van der Waals surface area contributed by atoms with Crippen LogP contribution in [0.25, 0.3) is 49.4 Å². The topological polar surface area (TPSA) is 24.6 Å². The van der Waals surface area contributed by atoms with Gasteiger partial charge in [-0.15, -0.1) is 0 Å². The number of rotatable bonds is 1. The van der Waals surface area contributed by atoms with E-state index in [1.54, 1.807) is 0 Å². The molecule has 64 heavy (non-hydrogen) atoms. The van der Waals surface area contributed by atoms with Gasteiger partial charge in [-0.05, 0) is 133 Å². The van der Waals surface area contributed by atoms with E-state index in [0.29, 0.717) is 0 Å². The molecule has 12 rings (SSSR count). The Morgan fingerprint density at radius 3 is 1.75 bits per heavy atom. The number of aryl methyl sites for hydroxylation is 1. The van der Waals surface area contributed by atoms with Gasteiger partial charge in [-0.3, -0.25) is 0 Å². The maximum atomic E-state index is 6.87. The molecule has 0 aliphatic carbocycles. The largest absolute Gasteiger partial charge is 0.454 e. The van der Waals surface area contributed by atoms with E-state index in [1.165, 1.54) is 100 Å². The lowest BCUT2D eigenvalue weighted by molar-refractivity contribution is 0.590. The van der Waals surface area contributed by atoms with E-state index in [2.05, 4.69) is 220 Å². The van der Waals surface area contributed by atoms with Gasteiger partial charge in [0.1, 0.15) is 5.58 Å². The number of aromatic nitrogens is 1. The van der Waals surface area contributed by atoms with E-state index in [1.807, 2.05) is 0 Å². The minimum Gasteiger partial charge on any atom is -0.454 e. The summed E-state index contributed by atoms with van der Waals surface area (Å²) in [6, 6.07) is 44.7. The summed E-state index contributed by atoms with van der Waals surface area (Å²) >= 11 is 0. The fraction of sp³-hybridized carbons (Fsp3) is 0.288. The molecule has 3 aliphatic heterocycles. The van der Waals surface area contributed by atoms with Crippen LogP contribution >= 0.6 is 0 Å². The van der Waals surface area contributed by atoms with Crippen LogP contribution in [0, 0.1) is 6.92 Å². The van der Waals surface area contributed by atoms with Crippen molar-refractivity contribution in [2.75, 3.05) is 9.80 Å². The average molecular weight is 836 g/mol. The molecule has 318 valence electrons. The fourth-order valence-corrected chi connectivity index (χ4v) is 11.2. The molecular formula is C59H58BN3O. The van der Waals surface area contributed by atoms with Gasteiger partial charge in [-0.25, -0.2) is 0 Å². The molecule has 3 aliphatic rings. The van der Waals surface area contributed by atoms with Gasteiger partial charge in [0.25, 0.3) is 6.71 Å². The highest BCUT2D eigenvalue weighted by Gasteiger charge is 2.48. The molecule has 2 aromatic heterocycles. The molecule has 7 aromatic carbocycles. The zero-order valence-electron chi connectivity index (χ0n) is 39.8. The van der Waals surface area contributed by atoms with E-state index < -0.39 is 0 Å². The lowest BCUT2D eigenvalue weighted by Gasteiger charge is -2.47. The van der Waals surface area contributed by atoms with Crippen molar-refractivity contribution in [3.8, 4) is 5.69 Å². The predicted molar refractivity (Wildman–Crippen MR) is 275 cm³/mol. The van der Waals surface area contributed by atoms with Crippen LogP contribution in [-0.4, -0.2) is 11.3 Å². The van der Waals surface area contributed by atoms with Crippen LogP contribution in [-0.2, 0) is 21.7 Å². The predicted octanol–water partition coefficient (Wildman–Crippen LogP) is 14.6. The maximum Gasteiger partial charge on any atom is 0.252 e. The zero-order valence-corrected chi connectivity index (χ0v) is 39.8. The van der Waals surface area contributed by atoms with Crippen LogP contribution in [0.1, 0.15) is 111 Å². The van der Waals surface area contributed by atoms with Crippen LogP contribution in [0.2, 0.25) is 0 Å². The fourth-order valence-electron chi connectivity index (χ4n) is 11.2. The van der Waals surface area contributed by atoms with Crippen LogP contribution in [0.3, 0.4) is 0 Å². The van der Waals surface area contributed by atoms with Crippen LogP contribution in [0.15, 0.2) is 120 Å². The van der Waals surface area contributed by atoms with Crippen molar-refractivity contribution in [3.05, 3.63) is 143 Å². The average Bonchev–Trinajstić information content (AvgIpc) is 3.77. The minimum atomic E-state index is -0.0989. The molecule has 0 bridgehead atoms. The van der Waals surface area contributed by atoms with Crippen molar-refractivity contribution < 1.29 is 4.42 Å². The van der Waals surface area contributed by atoms with Crippen molar-refractivity contribution in [1.29, 1.82) is 0 Å². The first kappa shape index (κ1) is 39.4. The molecule has 5 heterocycles. The molecule has 0 atom stereocenters. The highest BCUT2D eigenvalue weighted by molar-refractivity contribution is 7.00. The van der Waals surface area contributed by atoms with Crippen LogP contribution in [0.4, 0.5) is 34.1 Å². The standard InChI is InChI=1S/C59H58BN3O/c1-33-25-47-52-48(26-33)63-49-31-36(58(8,9)10)28-41-40-27-34(56(2,3)4)21-23-44(40)62(53(41)49)50-32-37(59(11,12)13)30-43(54(50)63)60(52)42-29-35(57(5,6)7)22-24-45(42)61(47)46-19-16-18-39-38-17-14-15-20-51(38)64-55(39)46/h14-32H,1-13H3. The Morgan fingerprint density at radius 2 is 1.03 bits per heavy atom. The summed E-state index contributed by atoms with van der Waals surface area (Å²) in [5.41, 5.74) is 23.3. The smallest absolute Gasteiger partial charge is 0.252 e. The molecule has 9 aromatic rings. The van der Waals surface area contributed by atoms with Gasteiger partial charge in [0, 0.05) is 38.6 Å². The second-order valence-corrected chi connectivity index (χ2v) is 23.2. The summed E-state index contributed by atoms with van der Waals surface area (Å²) in [5, 5.41) is 4.91. The van der Waals surface area contributed by atoms with Crippen LogP contribution in [0.5, 0.6) is 0 Å². The van der Waals surface area contributed by atoms with Crippen molar-refractivity contribution in [2.45, 2.75) is 112 Å². The number of hydrogen-bond donors (Lipinski definition) is 0. The van der Waals surface area contributed by atoms with Crippen molar-refractivity contribution >= 4 is 101 Å². The number of hydrogen-bond acceptors (Lipinski definition) is 3. The number of nitrogens with zero attached hydrogens (tertiary/aromatic N) is 3. The number of para-hydroxylation sites is 2. The van der Waals surface area contributed by atoms with E-state index in [-0.39, 0.29) is 28.4 Å². The molecule has 0 spiro atoms. The highest BCUT2D eigenvalue weighted by Crippen LogP contribution is 2.55. The van der Waals surface area contributed by atoms with Gasteiger partial charge in [0.05, 0.1) is 33.8 Å². The van der Waals surface area contributed by atoms with Gasteiger partial charge >= 0.3 is 0 Å². The molecule has 0 fully saturated rings. The van der Waals surface area contributed by atoms with Gasteiger partial charge in [-0.1, -0.05) is 138 Å². The van der Waals surface area contributed by atoms with Crippen LogP contribution < -0.4 is 26.2 Å². The number of anilines is 6. The minimum absolute atomic E-state index is 0.0138. The highest BCUT2D eigenvalue weighted by atomic mass is 16.3. The Kier molecular flexibility index (Phi) is 7.72. The zero-order chi connectivity index (χ0) is 44.7. The Labute approximate surface area is 378 Å². The van der Waals surface area contributed by atoms with Gasteiger partial charge in [-0.2, -0.15) is 0 Å². The van der Waals surface area contributed by atoms with Gasteiger partial charge in [0.2, 0.25) is 0 Å². The Balaban J connectivity index is 1.27. The van der Waals surface area contributed by atoms with Gasteiger partial charge < -0.3 is 18.8 Å². The third-order valence-corrected chi connectivity index (χ3v) is 14.7. The SMILES string of the molecule is Cc1cc2c3c(c1)N1c4c(cc(C(C)(C)C)cc4-n4c5ccc(C(C)(C)C)cc5c5cc(C(C)(C)C)cc1c54)B3c1cc(C(C)(C)C)ccc1N2c1cccc2c1oc1ccccc12. The number of fused-ring (bicyclic) bond motifs is 12. The molecule has 0 N–H and O–H groups in total. The molecule has 0 unspecified atom stereocenters. The summed E-state index contributed by atoms with van der Waals surface area (Å²) < 4.78 is 9.51. The summed E-state index contributed by atoms with van der Waals surface area (Å²) in [4.78, 5) is 5.21. The third-order valence-electron chi connectivity index (χ3n) is 14.7. The summed E-state index contributed by atoms with van der Waals surface area (Å²) in [5.74, 6) is 0. The molecule has 0 amide bonds. The lowest BCUT2D eigenvalue weighted by atomic mass is 9.33. The second-order valence-electron chi connectivity index (χ2n) is 23.2. The summed E-state index contributed by atoms with van der Waals surface area (Å²) in [6.07, 6.45) is 0. The van der Waals surface area contributed by atoms with E-state index in [0.717, 1.165) is 27.6 Å². The quantitative estimate of drug-likeness (QED) is 0.154. The Morgan fingerprint density at radius 1 is 0.438 bits per heavy atom. The van der Waals surface area contributed by atoms with Crippen molar-refractivity contribution in [2.24, 2.45) is 0 Å². The molecule has 5 heteroatoms. The Hall–Kier alpha value is -6.20. The maximum absolute atomic E-state index is 6.87. The summed E-state index contributed by atoms with van der Waals surface area (Å²) in [6.45, 7) is 30.5. The molecule has 0 saturated heterocycles. The third kappa shape index (κ3) is 5.36. The first-order chi connectivity index (χ1) is 30.2. The first-order valence-electron chi connectivity index (χ1n) is 23.3. The molecule has 0 radical (unpaired) electrons. The normalized spacial score (nSPS) is 14.5. The lowest BCUT2D eigenvalue weighted by Crippen LogP contribution is -2.62. The Bertz CT molecular complexity index is 3520. The first-order valence-corrected chi connectivity index (χ1v) is 23.3. The van der Waals surface area contributed by atoms with E-state index in [9.17, 15) is 0 Å². The molecule has 4 nitrogen and oxygen atoms in total. The van der Waals surface area contributed by atoms with Gasteiger partial charge in [0.15, 0.2) is 5.58 Å². The monoisotopic (exact) mass is 835 g/mol. The number of benzene rings is 7. The number of furan rings is 1. The van der Waals surface area contributed by atoms with Crippen molar-refractivity contribution in [3.63, 3.8) is 0 Å². The second kappa shape index (κ2) is 12.5. The molecule has 0 saturated carbocycles. The van der Waals surface area contributed by atoms with E-state index in [4.69, 9.17) is 4.42 Å². The molecular weight excluding hydrogens is 777 g/mol. The van der Waals surface area contributed by atoms with Crippen molar-refractivity contribution in [1.82, 2.24) is 4.57 Å².